The van der Waals surface area contributed by atoms with E-state index >= 15 is 0 Å². The number of carbonyl (C=O) groups excluding carboxylic acids is 1. The second kappa shape index (κ2) is 7.68. The van der Waals surface area contributed by atoms with E-state index in [4.69, 9.17) is 28.9 Å². The van der Waals surface area contributed by atoms with Crippen LogP contribution < -0.4 is 11.1 Å². The van der Waals surface area contributed by atoms with Gasteiger partial charge < -0.3 is 11.1 Å². The topological polar surface area (TPSA) is 55.1 Å². The van der Waals surface area contributed by atoms with Gasteiger partial charge in [0.1, 0.15) is 0 Å². The van der Waals surface area contributed by atoms with Crippen molar-refractivity contribution in [2.45, 2.75) is 38.1 Å². The summed E-state index contributed by atoms with van der Waals surface area (Å²) in [6.45, 7) is 2.50. The Balaban J connectivity index is 0.00000220. The van der Waals surface area contributed by atoms with Crippen LogP contribution in [0.1, 0.15) is 31.7 Å². The number of hydrogen-bond donors (Lipinski definition) is 2. The first-order valence-electron chi connectivity index (χ1n) is 6.89. The van der Waals surface area contributed by atoms with Crippen LogP contribution in [-0.2, 0) is 11.2 Å². The monoisotopic (exact) mass is 350 g/mol. The number of nitrogens with one attached hydrogen (secondary N) is 1. The fourth-order valence-electron chi connectivity index (χ4n) is 2.39. The summed E-state index contributed by atoms with van der Waals surface area (Å²) in [5, 5.41) is 4.28. The van der Waals surface area contributed by atoms with E-state index in [1.165, 1.54) is 0 Å². The van der Waals surface area contributed by atoms with Crippen LogP contribution in [0.25, 0.3) is 0 Å². The Bertz CT molecular complexity index is 506. The highest BCUT2D eigenvalue weighted by atomic mass is 35.5. The van der Waals surface area contributed by atoms with Crippen LogP contribution in [0.5, 0.6) is 0 Å². The molecule has 0 heterocycles. The molecule has 2 rings (SSSR count). The molecule has 0 bridgehead atoms. The zero-order valence-electron chi connectivity index (χ0n) is 12.0. The van der Waals surface area contributed by atoms with Crippen LogP contribution in [0.4, 0.5) is 0 Å². The van der Waals surface area contributed by atoms with Crippen LogP contribution in [0.2, 0.25) is 10.0 Å². The van der Waals surface area contributed by atoms with Crippen LogP contribution >= 0.6 is 35.6 Å². The highest BCUT2D eigenvalue weighted by Gasteiger charge is 2.41. The SMILES string of the molecule is CC(CN)(NC(=O)CCc1ccc(Cl)cc1Cl)C1CC1.Cl. The largest absolute Gasteiger partial charge is 0.349 e. The number of rotatable bonds is 6. The van der Waals surface area contributed by atoms with Gasteiger partial charge in [-0.05, 0) is 49.8 Å². The molecule has 3 nitrogen and oxygen atoms in total. The van der Waals surface area contributed by atoms with E-state index in [9.17, 15) is 4.79 Å². The zero-order chi connectivity index (χ0) is 14.8. The van der Waals surface area contributed by atoms with E-state index in [-0.39, 0.29) is 23.9 Å². The quantitative estimate of drug-likeness (QED) is 0.823. The third-order valence-corrected chi connectivity index (χ3v) is 4.55. The van der Waals surface area contributed by atoms with E-state index < -0.39 is 0 Å². The molecule has 1 aromatic rings. The van der Waals surface area contributed by atoms with Gasteiger partial charge in [0, 0.05) is 23.0 Å². The van der Waals surface area contributed by atoms with Crippen molar-refractivity contribution in [2.24, 2.45) is 11.7 Å². The van der Waals surface area contributed by atoms with Crippen molar-refractivity contribution in [3.63, 3.8) is 0 Å². The van der Waals surface area contributed by atoms with Gasteiger partial charge in [-0.15, -0.1) is 12.4 Å². The molecule has 0 radical (unpaired) electrons. The molecule has 1 atom stereocenters. The summed E-state index contributed by atoms with van der Waals surface area (Å²) < 4.78 is 0. The molecule has 1 saturated carbocycles. The first-order valence-corrected chi connectivity index (χ1v) is 7.65. The lowest BCUT2D eigenvalue weighted by Crippen LogP contribution is -2.53. The molecule has 1 unspecified atom stereocenters. The number of hydrogen-bond acceptors (Lipinski definition) is 2. The van der Waals surface area contributed by atoms with E-state index in [2.05, 4.69) is 5.32 Å². The summed E-state index contributed by atoms with van der Waals surface area (Å²) in [5.41, 5.74) is 6.47. The van der Waals surface area contributed by atoms with Crippen molar-refractivity contribution < 1.29 is 4.79 Å². The number of amides is 1. The van der Waals surface area contributed by atoms with Crippen molar-refractivity contribution in [1.82, 2.24) is 5.32 Å². The lowest BCUT2D eigenvalue weighted by Gasteiger charge is -2.29. The van der Waals surface area contributed by atoms with Gasteiger partial charge in [-0.25, -0.2) is 0 Å². The number of nitrogens with two attached hydrogens (primary N) is 1. The van der Waals surface area contributed by atoms with E-state index in [0.717, 1.165) is 18.4 Å². The van der Waals surface area contributed by atoms with E-state index in [0.29, 0.717) is 35.3 Å². The van der Waals surface area contributed by atoms with Crippen LogP contribution in [0.3, 0.4) is 0 Å². The van der Waals surface area contributed by atoms with E-state index in [1.54, 1.807) is 12.1 Å². The number of halogens is 3. The minimum atomic E-state index is -0.263. The Morgan fingerprint density at radius 3 is 2.62 bits per heavy atom. The molecule has 21 heavy (non-hydrogen) atoms. The minimum Gasteiger partial charge on any atom is -0.349 e. The Hall–Kier alpha value is -0.480. The Kier molecular flexibility index (Phi) is 6.79. The van der Waals surface area contributed by atoms with Crippen molar-refractivity contribution in [3.8, 4) is 0 Å². The van der Waals surface area contributed by atoms with Crippen LogP contribution in [-0.4, -0.2) is 18.0 Å². The fraction of sp³-hybridized carbons (Fsp3) is 0.533. The van der Waals surface area contributed by atoms with E-state index in [1.807, 2.05) is 13.0 Å². The summed E-state index contributed by atoms with van der Waals surface area (Å²) in [6.07, 6.45) is 3.31. The third-order valence-electron chi connectivity index (χ3n) is 3.96. The van der Waals surface area contributed by atoms with Crippen molar-refractivity contribution in [2.75, 3.05) is 6.54 Å². The van der Waals surface area contributed by atoms with Crippen molar-refractivity contribution in [3.05, 3.63) is 33.8 Å². The van der Waals surface area contributed by atoms with Gasteiger partial charge in [0.05, 0.1) is 5.54 Å². The molecule has 0 saturated heterocycles. The maximum Gasteiger partial charge on any atom is 0.220 e. The van der Waals surface area contributed by atoms with Gasteiger partial charge in [0.15, 0.2) is 0 Å². The summed E-state index contributed by atoms with van der Waals surface area (Å²) in [7, 11) is 0. The maximum absolute atomic E-state index is 12.1. The molecule has 1 amide bonds. The number of carbonyl (C=O) groups is 1. The first-order chi connectivity index (χ1) is 9.44. The standard InChI is InChI=1S/C15H20Cl2N2O.ClH/c1-15(9-18,11-4-5-11)19-14(20)7-3-10-2-6-12(16)8-13(10)17;/h2,6,8,11H,3-5,7,9,18H2,1H3,(H,19,20);1H. The highest BCUT2D eigenvalue weighted by Crippen LogP contribution is 2.39. The molecular weight excluding hydrogens is 331 g/mol. The fourth-order valence-corrected chi connectivity index (χ4v) is 2.90. The van der Waals surface area contributed by atoms with Gasteiger partial charge >= 0.3 is 0 Å². The summed E-state index contributed by atoms with van der Waals surface area (Å²) in [5.74, 6) is 0.548. The average molecular weight is 352 g/mol. The molecule has 0 aromatic heterocycles. The smallest absolute Gasteiger partial charge is 0.220 e. The maximum atomic E-state index is 12.1. The van der Waals surface area contributed by atoms with Gasteiger partial charge in [-0.1, -0.05) is 29.3 Å². The number of benzene rings is 1. The Labute approximate surface area is 142 Å². The molecule has 0 aliphatic heterocycles. The van der Waals surface area contributed by atoms with Gasteiger partial charge in [0.2, 0.25) is 5.91 Å². The number of aryl methyl sites for hydroxylation is 1. The summed E-state index contributed by atoms with van der Waals surface area (Å²) >= 11 is 11.9. The molecule has 1 aromatic carbocycles. The minimum absolute atomic E-state index is 0. The van der Waals surface area contributed by atoms with Crippen LogP contribution in [0.15, 0.2) is 18.2 Å². The van der Waals surface area contributed by atoms with Gasteiger partial charge in [-0.3, -0.25) is 4.79 Å². The van der Waals surface area contributed by atoms with Crippen molar-refractivity contribution >= 4 is 41.5 Å². The van der Waals surface area contributed by atoms with Crippen LogP contribution in [0, 0.1) is 5.92 Å². The predicted molar refractivity (Wildman–Crippen MR) is 90.4 cm³/mol. The predicted octanol–water partition coefficient (Wildman–Crippen LogP) is 3.59. The average Bonchev–Trinajstić information content (AvgIpc) is 3.22. The van der Waals surface area contributed by atoms with Gasteiger partial charge in [0.25, 0.3) is 0 Å². The molecule has 0 spiro atoms. The molecular formula is C15H21Cl3N2O. The lowest BCUT2D eigenvalue weighted by molar-refractivity contribution is -0.123. The molecule has 3 N–H and O–H groups in total. The molecule has 1 aliphatic carbocycles. The first kappa shape index (κ1) is 18.6. The molecule has 1 aliphatic rings. The van der Waals surface area contributed by atoms with Crippen molar-refractivity contribution in [1.29, 1.82) is 0 Å². The Morgan fingerprint density at radius 1 is 1.43 bits per heavy atom. The lowest BCUT2D eigenvalue weighted by atomic mass is 9.95. The second-order valence-corrected chi connectivity index (χ2v) is 6.52. The summed E-state index contributed by atoms with van der Waals surface area (Å²) in [4.78, 5) is 12.1. The second-order valence-electron chi connectivity index (χ2n) is 5.68. The zero-order valence-corrected chi connectivity index (χ0v) is 14.3. The Morgan fingerprint density at radius 2 is 2.10 bits per heavy atom. The normalized spacial score (nSPS) is 16.8. The summed E-state index contributed by atoms with van der Waals surface area (Å²) in [6, 6.07) is 5.35. The molecule has 1 fully saturated rings. The van der Waals surface area contributed by atoms with Gasteiger partial charge in [-0.2, -0.15) is 0 Å². The highest BCUT2D eigenvalue weighted by molar-refractivity contribution is 6.35. The third kappa shape index (κ3) is 5.03. The molecule has 118 valence electrons. The molecule has 6 heteroatoms.